The van der Waals surface area contributed by atoms with Crippen molar-refractivity contribution in [1.82, 2.24) is 14.8 Å². The molecule has 0 aliphatic carbocycles. The maximum atomic E-state index is 12.4. The van der Waals surface area contributed by atoms with Gasteiger partial charge in [-0.1, -0.05) is 13.8 Å². The molecule has 19 heavy (non-hydrogen) atoms. The molecule has 106 valence electrons. The summed E-state index contributed by atoms with van der Waals surface area (Å²) in [6.07, 6.45) is 1.54. The van der Waals surface area contributed by atoms with Crippen LogP contribution in [0, 0.1) is 5.92 Å². The highest BCUT2D eigenvalue weighted by atomic mass is 16.2. The van der Waals surface area contributed by atoms with Crippen LogP contribution in [0.4, 0.5) is 5.82 Å². The van der Waals surface area contributed by atoms with Crippen molar-refractivity contribution in [2.75, 3.05) is 39.5 Å². The van der Waals surface area contributed by atoms with Crippen LogP contribution >= 0.6 is 0 Å². The number of rotatable bonds is 6. The van der Waals surface area contributed by atoms with Gasteiger partial charge in [0.1, 0.15) is 5.82 Å². The second-order valence-corrected chi connectivity index (χ2v) is 5.42. The van der Waals surface area contributed by atoms with Crippen LogP contribution < -0.4 is 5.73 Å². The molecule has 2 N–H and O–H groups in total. The fraction of sp³-hybridized carbons (Fsp3) is 0.571. The SMILES string of the molecule is CC(C)CN(CCN(C)C)C(=O)c1ccc(N)nc1. The number of amides is 1. The average Bonchev–Trinajstić information content (AvgIpc) is 2.34. The van der Waals surface area contributed by atoms with E-state index in [0.717, 1.165) is 13.1 Å². The van der Waals surface area contributed by atoms with Crippen LogP contribution in [0.5, 0.6) is 0 Å². The molecule has 0 saturated carbocycles. The van der Waals surface area contributed by atoms with Gasteiger partial charge >= 0.3 is 0 Å². The summed E-state index contributed by atoms with van der Waals surface area (Å²) in [5.74, 6) is 0.885. The number of nitrogens with zero attached hydrogens (tertiary/aromatic N) is 3. The standard InChI is InChI=1S/C14H24N4O/c1-11(2)10-18(8-7-17(3)4)14(19)12-5-6-13(15)16-9-12/h5-6,9,11H,7-8,10H2,1-4H3,(H2,15,16). The highest BCUT2D eigenvalue weighted by molar-refractivity contribution is 5.94. The number of pyridine rings is 1. The summed E-state index contributed by atoms with van der Waals surface area (Å²) in [7, 11) is 4.01. The maximum Gasteiger partial charge on any atom is 0.255 e. The summed E-state index contributed by atoms with van der Waals surface area (Å²) in [6.45, 7) is 6.53. The van der Waals surface area contributed by atoms with E-state index in [1.54, 1.807) is 18.3 Å². The minimum atomic E-state index is 0.0167. The topological polar surface area (TPSA) is 62.5 Å². The van der Waals surface area contributed by atoms with Crippen LogP contribution in [-0.2, 0) is 0 Å². The molecule has 0 bridgehead atoms. The maximum absolute atomic E-state index is 12.4. The van der Waals surface area contributed by atoms with Crippen molar-refractivity contribution in [3.05, 3.63) is 23.9 Å². The Morgan fingerprint density at radius 3 is 2.47 bits per heavy atom. The minimum Gasteiger partial charge on any atom is -0.384 e. The number of carbonyl (C=O) groups is 1. The van der Waals surface area contributed by atoms with Crippen molar-refractivity contribution in [2.24, 2.45) is 5.92 Å². The Hall–Kier alpha value is -1.62. The fourth-order valence-electron chi connectivity index (χ4n) is 1.75. The third-order valence-corrected chi connectivity index (χ3v) is 2.72. The number of likely N-dealkylation sites (N-methyl/N-ethyl adjacent to an activating group) is 1. The lowest BCUT2D eigenvalue weighted by atomic mass is 10.1. The summed E-state index contributed by atoms with van der Waals surface area (Å²) < 4.78 is 0. The smallest absolute Gasteiger partial charge is 0.255 e. The number of nitrogens with two attached hydrogens (primary N) is 1. The number of hydrogen-bond acceptors (Lipinski definition) is 4. The molecular formula is C14H24N4O. The van der Waals surface area contributed by atoms with Gasteiger partial charge in [0.25, 0.3) is 5.91 Å². The molecule has 1 aromatic rings. The van der Waals surface area contributed by atoms with Crippen LogP contribution in [0.25, 0.3) is 0 Å². The summed E-state index contributed by atoms with van der Waals surface area (Å²) >= 11 is 0. The van der Waals surface area contributed by atoms with E-state index in [0.29, 0.717) is 23.8 Å². The first kappa shape index (κ1) is 15.4. The Balaban J connectivity index is 2.77. The van der Waals surface area contributed by atoms with Gasteiger partial charge < -0.3 is 15.5 Å². The molecule has 0 aliphatic rings. The third kappa shape index (κ3) is 5.26. The van der Waals surface area contributed by atoms with Gasteiger partial charge in [-0.2, -0.15) is 0 Å². The van der Waals surface area contributed by atoms with Crippen molar-refractivity contribution < 1.29 is 4.79 Å². The second-order valence-electron chi connectivity index (χ2n) is 5.42. The second kappa shape index (κ2) is 7.09. The van der Waals surface area contributed by atoms with E-state index in [1.165, 1.54) is 0 Å². The lowest BCUT2D eigenvalue weighted by Crippen LogP contribution is -2.39. The Labute approximate surface area is 115 Å². The molecule has 0 radical (unpaired) electrons. The van der Waals surface area contributed by atoms with Crippen molar-refractivity contribution in [3.63, 3.8) is 0 Å². The van der Waals surface area contributed by atoms with E-state index in [9.17, 15) is 4.79 Å². The molecule has 0 aliphatic heterocycles. The average molecular weight is 264 g/mol. The van der Waals surface area contributed by atoms with Crippen LogP contribution in [-0.4, -0.2) is 54.4 Å². The highest BCUT2D eigenvalue weighted by Gasteiger charge is 2.17. The lowest BCUT2D eigenvalue weighted by molar-refractivity contribution is 0.0724. The van der Waals surface area contributed by atoms with Crippen molar-refractivity contribution in [3.8, 4) is 0 Å². The Morgan fingerprint density at radius 2 is 2.00 bits per heavy atom. The van der Waals surface area contributed by atoms with Gasteiger partial charge in [0, 0.05) is 25.8 Å². The van der Waals surface area contributed by atoms with Crippen LogP contribution in [0.1, 0.15) is 24.2 Å². The summed E-state index contributed by atoms with van der Waals surface area (Å²) in [6, 6.07) is 3.39. The van der Waals surface area contributed by atoms with Crippen LogP contribution in [0.2, 0.25) is 0 Å². The summed E-state index contributed by atoms with van der Waals surface area (Å²) in [5.41, 5.74) is 6.13. The van der Waals surface area contributed by atoms with Crippen molar-refractivity contribution in [2.45, 2.75) is 13.8 Å². The monoisotopic (exact) mass is 264 g/mol. The van der Waals surface area contributed by atoms with E-state index in [4.69, 9.17) is 5.73 Å². The molecule has 0 atom stereocenters. The number of carbonyl (C=O) groups excluding carboxylic acids is 1. The molecule has 1 heterocycles. The zero-order valence-electron chi connectivity index (χ0n) is 12.3. The quantitative estimate of drug-likeness (QED) is 0.842. The summed E-state index contributed by atoms with van der Waals surface area (Å²) in [5, 5.41) is 0. The molecule has 0 saturated heterocycles. The number of anilines is 1. The Morgan fingerprint density at radius 1 is 1.32 bits per heavy atom. The molecule has 1 amide bonds. The van der Waals surface area contributed by atoms with E-state index >= 15 is 0 Å². The zero-order valence-corrected chi connectivity index (χ0v) is 12.3. The first-order chi connectivity index (χ1) is 8.90. The van der Waals surface area contributed by atoms with Crippen LogP contribution in [0.3, 0.4) is 0 Å². The van der Waals surface area contributed by atoms with Gasteiger partial charge in [-0.15, -0.1) is 0 Å². The number of aromatic nitrogens is 1. The molecule has 0 fully saturated rings. The third-order valence-electron chi connectivity index (χ3n) is 2.72. The van der Waals surface area contributed by atoms with E-state index in [1.807, 2.05) is 19.0 Å². The molecule has 5 nitrogen and oxygen atoms in total. The number of hydrogen-bond donors (Lipinski definition) is 1. The van der Waals surface area contributed by atoms with Gasteiger partial charge in [0.2, 0.25) is 0 Å². The highest BCUT2D eigenvalue weighted by Crippen LogP contribution is 2.08. The van der Waals surface area contributed by atoms with Gasteiger partial charge in [0.05, 0.1) is 5.56 Å². The molecular weight excluding hydrogens is 240 g/mol. The lowest BCUT2D eigenvalue weighted by Gasteiger charge is -2.26. The summed E-state index contributed by atoms with van der Waals surface area (Å²) in [4.78, 5) is 20.4. The predicted molar refractivity (Wildman–Crippen MR) is 77.9 cm³/mol. The molecule has 0 aromatic carbocycles. The first-order valence-electron chi connectivity index (χ1n) is 6.55. The van der Waals surface area contributed by atoms with Gasteiger partial charge in [-0.3, -0.25) is 4.79 Å². The molecule has 5 heteroatoms. The number of nitrogen functional groups attached to an aromatic ring is 1. The van der Waals surface area contributed by atoms with Gasteiger partial charge in [-0.05, 0) is 32.1 Å². The van der Waals surface area contributed by atoms with Crippen molar-refractivity contribution >= 4 is 11.7 Å². The van der Waals surface area contributed by atoms with Crippen LogP contribution in [0.15, 0.2) is 18.3 Å². The predicted octanol–water partition coefficient (Wildman–Crippen LogP) is 1.32. The Bertz CT molecular complexity index is 400. The first-order valence-corrected chi connectivity index (χ1v) is 6.55. The van der Waals surface area contributed by atoms with Gasteiger partial charge in [-0.25, -0.2) is 4.98 Å². The van der Waals surface area contributed by atoms with Crippen molar-refractivity contribution in [1.29, 1.82) is 0 Å². The minimum absolute atomic E-state index is 0.0167. The molecule has 0 spiro atoms. The molecule has 1 rings (SSSR count). The van der Waals surface area contributed by atoms with E-state index < -0.39 is 0 Å². The van der Waals surface area contributed by atoms with Gasteiger partial charge in [0.15, 0.2) is 0 Å². The van der Waals surface area contributed by atoms with E-state index in [-0.39, 0.29) is 5.91 Å². The molecule has 0 unspecified atom stereocenters. The molecule has 1 aromatic heterocycles. The normalized spacial score (nSPS) is 11.1. The van der Waals surface area contributed by atoms with E-state index in [2.05, 4.69) is 23.7 Å². The largest absolute Gasteiger partial charge is 0.384 e. The zero-order chi connectivity index (χ0) is 14.4. The Kier molecular flexibility index (Phi) is 5.76. The fourth-order valence-corrected chi connectivity index (χ4v) is 1.75.